The third-order valence-corrected chi connectivity index (χ3v) is 9.29. The minimum atomic E-state index is 0.480. The molecule has 34 heavy (non-hydrogen) atoms. The highest BCUT2D eigenvalue weighted by molar-refractivity contribution is 5.61. The summed E-state index contributed by atoms with van der Waals surface area (Å²) < 4.78 is 2.50. The topological polar surface area (TPSA) is 33.1 Å². The van der Waals surface area contributed by atoms with Gasteiger partial charge in [0.15, 0.2) is 0 Å². The van der Waals surface area contributed by atoms with Gasteiger partial charge in [0.25, 0.3) is 0 Å². The maximum Gasteiger partial charge on any atom is 0.126 e. The summed E-state index contributed by atoms with van der Waals surface area (Å²) in [6, 6.07) is 8.40. The number of hydrogen-bond donors (Lipinski definition) is 1. The summed E-state index contributed by atoms with van der Waals surface area (Å²) in [5, 5.41) is 3.87. The molecular weight excluding hydrogens is 416 g/mol. The highest BCUT2D eigenvalue weighted by atomic mass is 15.3. The lowest BCUT2D eigenvalue weighted by Gasteiger charge is -2.38. The van der Waals surface area contributed by atoms with E-state index in [1.165, 1.54) is 107 Å². The molecule has 1 N–H and O–H groups in total. The van der Waals surface area contributed by atoms with Crippen LogP contribution in [-0.4, -0.2) is 40.1 Å². The van der Waals surface area contributed by atoms with E-state index in [4.69, 9.17) is 4.98 Å². The van der Waals surface area contributed by atoms with Crippen molar-refractivity contribution in [3.05, 3.63) is 41.3 Å². The van der Waals surface area contributed by atoms with Gasteiger partial charge in [0.05, 0.1) is 11.7 Å². The van der Waals surface area contributed by atoms with E-state index in [0.717, 1.165) is 38.1 Å². The number of rotatable bonds is 7. The van der Waals surface area contributed by atoms with Crippen LogP contribution in [0.2, 0.25) is 0 Å². The van der Waals surface area contributed by atoms with E-state index in [9.17, 15) is 0 Å². The third-order valence-electron chi connectivity index (χ3n) is 9.29. The summed E-state index contributed by atoms with van der Waals surface area (Å²) in [5.74, 6) is 2.21. The standard InChI is InChI=1S/C30H44N4/c1-2-8-23(9-3-1)20-29-30-32-28(26-15-14-24-10-4-5-11-25(24)21-26)22-34(30)19-18-33(29)17-16-31-27-12-6-7-13-27/h14-15,21-23,27,29,31H,1-13,16-20H2/t29-/m0/s1. The molecular formula is C30H44N4. The molecule has 0 saturated heterocycles. The number of aromatic nitrogens is 2. The van der Waals surface area contributed by atoms with E-state index in [-0.39, 0.29) is 0 Å². The molecule has 2 fully saturated rings. The SMILES string of the molecule is c1cc2c(cc1-c1cn3c(n1)[C@H](CC1CCCCC1)N(CCNC1CCCC1)CC3)CCCC2. The zero-order chi connectivity index (χ0) is 22.7. The molecule has 184 valence electrons. The van der Waals surface area contributed by atoms with Crippen LogP contribution in [0.3, 0.4) is 0 Å². The number of aryl methyl sites for hydroxylation is 2. The average molecular weight is 461 g/mol. The lowest BCUT2D eigenvalue weighted by molar-refractivity contribution is 0.119. The van der Waals surface area contributed by atoms with Crippen LogP contribution in [-0.2, 0) is 19.4 Å². The van der Waals surface area contributed by atoms with Crippen molar-refractivity contribution in [1.82, 2.24) is 19.8 Å². The van der Waals surface area contributed by atoms with E-state index in [1.54, 1.807) is 11.1 Å². The number of imidazole rings is 1. The van der Waals surface area contributed by atoms with Gasteiger partial charge in [-0.15, -0.1) is 0 Å². The molecule has 1 atom stereocenters. The van der Waals surface area contributed by atoms with Crippen LogP contribution in [0.4, 0.5) is 0 Å². The Morgan fingerprint density at radius 1 is 0.853 bits per heavy atom. The second kappa shape index (κ2) is 10.5. The molecule has 6 rings (SSSR count). The van der Waals surface area contributed by atoms with Gasteiger partial charge in [-0.3, -0.25) is 4.90 Å². The highest BCUT2D eigenvalue weighted by Crippen LogP contribution is 2.38. The van der Waals surface area contributed by atoms with Crippen molar-refractivity contribution in [2.75, 3.05) is 19.6 Å². The molecule has 0 spiro atoms. The Balaban J connectivity index is 1.22. The second-order valence-electron chi connectivity index (χ2n) is 11.6. The van der Waals surface area contributed by atoms with Gasteiger partial charge in [-0.2, -0.15) is 0 Å². The van der Waals surface area contributed by atoms with Crippen LogP contribution in [0.15, 0.2) is 24.4 Å². The molecule has 4 nitrogen and oxygen atoms in total. The van der Waals surface area contributed by atoms with Crippen LogP contribution in [0.1, 0.15) is 100 Å². The smallest absolute Gasteiger partial charge is 0.126 e. The molecule has 4 heteroatoms. The van der Waals surface area contributed by atoms with E-state index >= 15 is 0 Å². The molecule has 0 amide bonds. The van der Waals surface area contributed by atoms with Crippen LogP contribution in [0.25, 0.3) is 11.3 Å². The second-order valence-corrected chi connectivity index (χ2v) is 11.6. The Morgan fingerprint density at radius 3 is 2.50 bits per heavy atom. The maximum atomic E-state index is 5.35. The van der Waals surface area contributed by atoms with Gasteiger partial charge >= 0.3 is 0 Å². The van der Waals surface area contributed by atoms with E-state index < -0.39 is 0 Å². The maximum absolute atomic E-state index is 5.35. The van der Waals surface area contributed by atoms with Gasteiger partial charge in [-0.1, -0.05) is 57.1 Å². The fraction of sp³-hybridized carbons (Fsp3) is 0.700. The fourth-order valence-corrected chi connectivity index (χ4v) is 7.27. The molecule has 0 bridgehead atoms. The van der Waals surface area contributed by atoms with Gasteiger partial charge in [-0.25, -0.2) is 4.98 Å². The first kappa shape index (κ1) is 22.8. The number of nitrogens with zero attached hydrogens (tertiary/aromatic N) is 3. The van der Waals surface area contributed by atoms with Gasteiger partial charge in [0, 0.05) is 44.0 Å². The van der Waals surface area contributed by atoms with Crippen molar-refractivity contribution in [3.63, 3.8) is 0 Å². The van der Waals surface area contributed by atoms with Crippen LogP contribution < -0.4 is 5.32 Å². The zero-order valence-electron chi connectivity index (χ0n) is 21.1. The van der Waals surface area contributed by atoms with Crippen LogP contribution in [0.5, 0.6) is 0 Å². The molecule has 2 saturated carbocycles. The molecule has 0 radical (unpaired) electrons. The molecule has 0 unspecified atom stereocenters. The molecule has 4 aliphatic rings. The lowest BCUT2D eigenvalue weighted by Crippen LogP contribution is -2.43. The Bertz CT molecular complexity index is 951. The number of hydrogen-bond acceptors (Lipinski definition) is 3. The van der Waals surface area contributed by atoms with Gasteiger partial charge in [0.1, 0.15) is 5.82 Å². The van der Waals surface area contributed by atoms with Crippen molar-refractivity contribution < 1.29 is 0 Å². The summed E-state index contributed by atoms with van der Waals surface area (Å²) in [6.07, 6.45) is 21.5. The summed E-state index contributed by atoms with van der Waals surface area (Å²) in [6.45, 7) is 4.54. The van der Waals surface area contributed by atoms with Gasteiger partial charge < -0.3 is 9.88 Å². The van der Waals surface area contributed by atoms with Crippen molar-refractivity contribution in [1.29, 1.82) is 0 Å². The monoisotopic (exact) mass is 460 g/mol. The number of nitrogens with one attached hydrogen (secondary N) is 1. The van der Waals surface area contributed by atoms with Crippen molar-refractivity contribution in [2.45, 2.75) is 109 Å². The summed E-state index contributed by atoms with van der Waals surface area (Å²) in [5.41, 5.74) is 5.65. The van der Waals surface area contributed by atoms with E-state index in [0.29, 0.717) is 6.04 Å². The predicted molar refractivity (Wildman–Crippen MR) is 140 cm³/mol. The Kier molecular flexibility index (Phi) is 7.06. The normalized spacial score (nSPS) is 24.3. The van der Waals surface area contributed by atoms with Crippen LogP contribution in [0, 0.1) is 5.92 Å². The molecule has 1 aromatic heterocycles. The molecule has 1 aromatic carbocycles. The summed E-state index contributed by atoms with van der Waals surface area (Å²) in [7, 11) is 0. The van der Waals surface area contributed by atoms with E-state index in [1.807, 2.05) is 0 Å². The Labute approximate surface area is 206 Å². The Morgan fingerprint density at radius 2 is 1.65 bits per heavy atom. The first-order valence-corrected chi connectivity index (χ1v) is 14.5. The number of fused-ring (bicyclic) bond motifs is 2. The summed E-state index contributed by atoms with van der Waals surface area (Å²) >= 11 is 0. The minimum absolute atomic E-state index is 0.480. The van der Waals surface area contributed by atoms with E-state index in [2.05, 4.69) is 39.2 Å². The Hall–Kier alpha value is -1.65. The average Bonchev–Trinajstić information content (AvgIpc) is 3.56. The first-order chi connectivity index (χ1) is 16.8. The zero-order valence-corrected chi connectivity index (χ0v) is 21.1. The van der Waals surface area contributed by atoms with Crippen molar-refractivity contribution in [2.24, 2.45) is 5.92 Å². The fourth-order valence-electron chi connectivity index (χ4n) is 7.27. The molecule has 2 aromatic rings. The lowest BCUT2D eigenvalue weighted by atomic mass is 9.84. The molecule has 2 heterocycles. The van der Waals surface area contributed by atoms with Gasteiger partial charge in [0.2, 0.25) is 0 Å². The summed E-state index contributed by atoms with van der Waals surface area (Å²) in [4.78, 5) is 8.13. The van der Waals surface area contributed by atoms with Gasteiger partial charge in [-0.05, 0) is 68.1 Å². The number of benzene rings is 1. The van der Waals surface area contributed by atoms with Crippen molar-refractivity contribution in [3.8, 4) is 11.3 Å². The van der Waals surface area contributed by atoms with Crippen LogP contribution >= 0.6 is 0 Å². The third kappa shape index (κ3) is 4.99. The highest BCUT2D eigenvalue weighted by Gasteiger charge is 2.32. The largest absolute Gasteiger partial charge is 0.332 e. The molecule has 1 aliphatic heterocycles. The predicted octanol–water partition coefficient (Wildman–Crippen LogP) is 6.29. The first-order valence-electron chi connectivity index (χ1n) is 14.5. The van der Waals surface area contributed by atoms with Crippen molar-refractivity contribution >= 4 is 0 Å². The minimum Gasteiger partial charge on any atom is -0.332 e. The quantitative estimate of drug-likeness (QED) is 0.527. The molecule has 3 aliphatic carbocycles.